The van der Waals surface area contributed by atoms with Gasteiger partial charge >= 0.3 is 5.97 Å². The first-order valence-corrected chi connectivity index (χ1v) is 5.73. The maximum Gasteiger partial charge on any atom is 0.335 e. The van der Waals surface area contributed by atoms with Crippen LogP contribution in [0.25, 0.3) is 17.4 Å². The second-order valence-electron chi connectivity index (χ2n) is 4.14. The van der Waals surface area contributed by atoms with Crippen LogP contribution in [0.15, 0.2) is 40.9 Å². The van der Waals surface area contributed by atoms with Crippen molar-refractivity contribution in [2.45, 2.75) is 6.92 Å². The van der Waals surface area contributed by atoms with Crippen molar-refractivity contribution in [3.8, 4) is 11.3 Å². The molecule has 0 aliphatic carbocycles. The van der Waals surface area contributed by atoms with Gasteiger partial charge < -0.3 is 9.52 Å². The lowest BCUT2D eigenvalue weighted by atomic mass is 10.0. The van der Waals surface area contributed by atoms with E-state index in [-0.39, 0.29) is 5.56 Å². The minimum atomic E-state index is -1.01. The van der Waals surface area contributed by atoms with Crippen molar-refractivity contribution < 1.29 is 19.2 Å². The number of carboxylic acids is 1. The Balaban J connectivity index is 2.35. The summed E-state index contributed by atoms with van der Waals surface area (Å²) in [5.41, 5.74) is 1.45. The summed E-state index contributed by atoms with van der Waals surface area (Å²) < 4.78 is 5.41. The van der Waals surface area contributed by atoms with Gasteiger partial charge in [-0.1, -0.05) is 12.1 Å². The Labute approximate surface area is 114 Å². The van der Waals surface area contributed by atoms with Crippen molar-refractivity contribution in [3.05, 3.63) is 63.5 Å². The molecule has 2 rings (SSSR count). The lowest BCUT2D eigenvalue weighted by Gasteiger charge is -2.03. The number of carboxylic acid groups (broad SMARTS) is 1. The Bertz CT molecular complexity index is 699. The quantitative estimate of drug-likeness (QED) is 0.681. The Hall–Kier alpha value is -2.89. The van der Waals surface area contributed by atoms with E-state index in [2.05, 4.69) is 0 Å². The lowest BCUT2D eigenvalue weighted by Crippen LogP contribution is -1.99. The lowest BCUT2D eigenvalue weighted by molar-refractivity contribution is -0.401. The smallest absolute Gasteiger partial charge is 0.335 e. The molecule has 1 N–H and O–H groups in total. The van der Waals surface area contributed by atoms with Gasteiger partial charge in [0.25, 0.3) is 0 Å². The van der Waals surface area contributed by atoms with Crippen LogP contribution in [0.5, 0.6) is 0 Å². The predicted octanol–water partition coefficient (Wildman–Crippen LogP) is 3.20. The molecule has 0 aliphatic rings. The van der Waals surface area contributed by atoms with Crippen molar-refractivity contribution in [2.24, 2.45) is 0 Å². The fourth-order valence-corrected chi connectivity index (χ4v) is 1.74. The molecule has 6 nitrogen and oxygen atoms in total. The van der Waals surface area contributed by atoms with Crippen LogP contribution in [0, 0.1) is 17.0 Å². The van der Waals surface area contributed by atoms with E-state index >= 15 is 0 Å². The molecule has 0 fully saturated rings. The highest BCUT2D eigenvalue weighted by molar-refractivity contribution is 5.90. The van der Waals surface area contributed by atoms with Crippen LogP contribution in [0.4, 0.5) is 0 Å². The van der Waals surface area contributed by atoms with Gasteiger partial charge in [-0.2, -0.15) is 0 Å². The molecule has 0 amide bonds. The first kappa shape index (κ1) is 13.5. The maximum atomic E-state index is 11.1. The van der Waals surface area contributed by atoms with Gasteiger partial charge in [0.05, 0.1) is 16.6 Å². The maximum absolute atomic E-state index is 11.1. The molecule has 1 heterocycles. The molecular weight excluding hydrogens is 262 g/mol. The zero-order valence-corrected chi connectivity index (χ0v) is 10.6. The SMILES string of the molecule is Cc1ccc(-c2ccc(/C=C/[N+](=O)[O-])o2)cc1C(=O)O. The number of rotatable bonds is 4. The molecule has 0 unspecified atom stereocenters. The molecular formula is C14H11NO5. The molecule has 0 saturated heterocycles. The molecule has 2 aromatic rings. The van der Waals surface area contributed by atoms with Crippen LogP contribution in [0.1, 0.15) is 21.7 Å². The molecule has 0 aliphatic heterocycles. The average molecular weight is 273 g/mol. The zero-order chi connectivity index (χ0) is 14.7. The minimum absolute atomic E-state index is 0.196. The van der Waals surface area contributed by atoms with Gasteiger partial charge in [0, 0.05) is 5.56 Å². The largest absolute Gasteiger partial charge is 0.478 e. The van der Waals surface area contributed by atoms with Crippen LogP contribution < -0.4 is 0 Å². The zero-order valence-electron chi connectivity index (χ0n) is 10.6. The van der Waals surface area contributed by atoms with Crippen molar-refractivity contribution in [1.29, 1.82) is 0 Å². The molecule has 0 atom stereocenters. The van der Waals surface area contributed by atoms with E-state index in [4.69, 9.17) is 9.52 Å². The molecule has 20 heavy (non-hydrogen) atoms. The van der Waals surface area contributed by atoms with E-state index < -0.39 is 10.9 Å². The van der Waals surface area contributed by atoms with E-state index in [9.17, 15) is 14.9 Å². The molecule has 0 saturated carbocycles. The van der Waals surface area contributed by atoms with Gasteiger partial charge in [0.1, 0.15) is 11.5 Å². The number of benzene rings is 1. The van der Waals surface area contributed by atoms with Gasteiger partial charge in [0.2, 0.25) is 6.20 Å². The van der Waals surface area contributed by atoms with Gasteiger partial charge in [-0.15, -0.1) is 0 Å². The molecule has 1 aromatic heterocycles. The topological polar surface area (TPSA) is 93.6 Å². The highest BCUT2D eigenvalue weighted by Gasteiger charge is 2.11. The van der Waals surface area contributed by atoms with E-state index in [1.54, 1.807) is 31.2 Å². The highest BCUT2D eigenvalue weighted by Crippen LogP contribution is 2.25. The van der Waals surface area contributed by atoms with Crippen LogP contribution >= 0.6 is 0 Å². The van der Waals surface area contributed by atoms with Crippen molar-refractivity contribution in [3.63, 3.8) is 0 Å². The highest BCUT2D eigenvalue weighted by atomic mass is 16.6. The summed E-state index contributed by atoms with van der Waals surface area (Å²) in [6.07, 6.45) is 2.01. The molecule has 1 aromatic carbocycles. The summed E-state index contributed by atoms with van der Waals surface area (Å²) in [4.78, 5) is 20.7. The van der Waals surface area contributed by atoms with Crippen molar-refractivity contribution in [2.75, 3.05) is 0 Å². The number of hydrogen-bond acceptors (Lipinski definition) is 4. The Morgan fingerprint density at radius 1 is 1.35 bits per heavy atom. The summed E-state index contributed by atoms with van der Waals surface area (Å²) in [6, 6.07) is 8.15. The summed E-state index contributed by atoms with van der Waals surface area (Å²) in [6.45, 7) is 1.71. The second-order valence-corrected chi connectivity index (χ2v) is 4.14. The van der Waals surface area contributed by atoms with Crippen molar-refractivity contribution in [1.82, 2.24) is 0 Å². The summed E-state index contributed by atoms with van der Waals surface area (Å²) in [5, 5.41) is 19.3. The average Bonchev–Trinajstić information content (AvgIpc) is 2.85. The van der Waals surface area contributed by atoms with Crippen LogP contribution in [0.3, 0.4) is 0 Å². The predicted molar refractivity (Wildman–Crippen MR) is 71.9 cm³/mol. The van der Waals surface area contributed by atoms with Gasteiger partial charge in [-0.3, -0.25) is 10.1 Å². The number of nitro groups is 1. The number of carbonyl (C=O) groups is 1. The van der Waals surface area contributed by atoms with E-state index in [1.165, 1.54) is 12.1 Å². The number of aromatic carboxylic acids is 1. The van der Waals surface area contributed by atoms with Gasteiger partial charge in [-0.05, 0) is 30.7 Å². The number of furan rings is 1. The third-order valence-corrected chi connectivity index (χ3v) is 2.74. The molecule has 0 radical (unpaired) electrons. The molecule has 102 valence electrons. The summed E-state index contributed by atoms with van der Waals surface area (Å²) in [5.74, 6) is -0.228. The summed E-state index contributed by atoms with van der Waals surface area (Å²) in [7, 11) is 0. The third kappa shape index (κ3) is 2.92. The van der Waals surface area contributed by atoms with Crippen molar-refractivity contribution >= 4 is 12.0 Å². The Morgan fingerprint density at radius 3 is 2.75 bits per heavy atom. The number of nitrogens with zero attached hydrogens (tertiary/aromatic N) is 1. The van der Waals surface area contributed by atoms with E-state index in [0.717, 1.165) is 6.20 Å². The summed E-state index contributed by atoms with van der Waals surface area (Å²) >= 11 is 0. The standard InChI is InChI=1S/C14H11NO5/c1-9-2-3-10(8-12(9)14(16)17)13-5-4-11(20-13)6-7-15(18)19/h2-8H,1H3,(H,16,17)/b7-6+. The Kier molecular flexibility index (Phi) is 3.65. The number of aryl methyl sites for hydroxylation is 1. The second kappa shape index (κ2) is 5.40. The molecule has 6 heteroatoms. The van der Waals surface area contributed by atoms with Gasteiger partial charge in [-0.25, -0.2) is 4.79 Å². The molecule has 0 bridgehead atoms. The van der Waals surface area contributed by atoms with Crippen LogP contribution in [-0.2, 0) is 0 Å². The first-order valence-electron chi connectivity index (χ1n) is 5.73. The first-order chi connectivity index (χ1) is 9.47. The van der Waals surface area contributed by atoms with Crippen LogP contribution in [0.2, 0.25) is 0 Å². The van der Waals surface area contributed by atoms with Crippen LogP contribution in [-0.4, -0.2) is 16.0 Å². The van der Waals surface area contributed by atoms with Gasteiger partial charge in [0.15, 0.2) is 0 Å². The Morgan fingerprint density at radius 2 is 2.10 bits per heavy atom. The molecule has 0 spiro atoms. The minimum Gasteiger partial charge on any atom is -0.478 e. The normalized spacial score (nSPS) is 10.8. The fraction of sp³-hybridized carbons (Fsp3) is 0.0714. The van der Waals surface area contributed by atoms with E-state index in [0.29, 0.717) is 22.6 Å². The number of hydrogen-bond donors (Lipinski definition) is 1. The fourth-order valence-electron chi connectivity index (χ4n) is 1.74. The monoisotopic (exact) mass is 273 g/mol. The third-order valence-electron chi connectivity index (χ3n) is 2.74. The van der Waals surface area contributed by atoms with E-state index in [1.807, 2.05) is 0 Å².